The van der Waals surface area contributed by atoms with Gasteiger partial charge in [-0.25, -0.2) is 9.48 Å². The molecule has 0 saturated carbocycles. The minimum Gasteiger partial charge on any atom is -0.427 e. The number of carbonyl (C=O) groups is 2. The van der Waals surface area contributed by atoms with Crippen LogP contribution in [0.1, 0.15) is 37.7 Å². The molecule has 3 aromatic rings. The third-order valence-electron chi connectivity index (χ3n) is 4.84. The van der Waals surface area contributed by atoms with Crippen LogP contribution in [0.2, 0.25) is 0 Å². The number of ether oxygens (including phenoxy) is 2. The summed E-state index contributed by atoms with van der Waals surface area (Å²) in [6.07, 6.45) is 3.76. The minimum atomic E-state index is -0.846. The van der Waals surface area contributed by atoms with Crippen molar-refractivity contribution >= 4 is 34.1 Å². The lowest BCUT2D eigenvalue weighted by atomic mass is 10.1. The molecule has 0 aliphatic rings. The van der Waals surface area contributed by atoms with Crippen LogP contribution in [0.4, 0.5) is 11.4 Å². The maximum Gasteiger partial charge on any atom is 0.361 e. The highest BCUT2D eigenvalue weighted by atomic mass is 16.7. The van der Waals surface area contributed by atoms with E-state index in [0.29, 0.717) is 12.1 Å². The molecule has 0 aliphatic carbocycles. The quantitative estimate of drug-likeness (QED) is 0.370. The van der Waals surface area contributed by atoms with Gasteiger partial charge in [-0.05, 0) is 19.3 Å². The van der Waals surface area contributed by atoms with Crippen molar-refractivity contribution in [3.05, 3.63) is 58.8 Å². The van der Waals surface area contributed by atoms with Crippen LogP contribution in [0.3, 0.4) is 0 Å². The maximum absolute atomic E-state index is 12.8. The minimum absolute atomic E-state index is 0.116. The largest absolute Gasteiger partial charge is 0.427 e. The number of rotatable bonds is 9. The van der Waals surface area contributed by atoms with Gasteiger partial charge in [0.2, 0.25) is 6.79 Å². The Labute approximate surface area is 190 Å². The van der Waals surface area contributed by atoms with Crippen molar-refractivity contribution < 1.29 is 19.1 Å². The normalized spacial score (nSPS) is 11.9. The highest BCUT2D eigenvalue weighted by molar-refractivity contribution is 5.95. The van der Waals surface area contributed by atoms with Crippen molar-refractivity contribution in [1.82, 2.24) is 14.8 Å². The number of anilines is 2. The fourth-order valence-corrected chi connectivity index (χ4v) is 3.23. The number of aromatic nitrogens is 3. The van der Waals surface area contributed by atoms with E-state index in [9.17, 15) is 14.4 Å². The average molecular weight is 453 g/mol. The molecule has 33 heavy (non-hydrogen) atoms. The lowest BCUT2D eigenvalue weighted by Crippen LogP contribution is -2.34. The standard InChI is InChI=1S/C23H27N5O5/c1-4-28-21(29)18(26-20-12-25-11-15-7-5-6-8-16(15)20)10-19(27-28)23(31)33-13-32-22(30)17(24)9-14(2)3/h5-8,10-12,14,17,26H,4,9,13,24H2,1-3H3. The number of nitrogens with one attached hydrogen (secondary N) is 1. The highest BCUT2D eigenvalue weighted by Gasteiger charge is 2.19. The first-order valence-corrected chi connectivity index (χ1v) is 10.6. The van der Waals surface area contributed by atoms with E-state index >= 15 is 0 Å². The van der Waals surface area contributed by atoms with E-state index in [1.54, 1.807) is 19.3 Å². The first-order chi connectivity index (χ1) is 15.8. The molecule has 3 N–H and O–H groups in total. The predicted molar refractivity (Wildman–Crippen MR) is 123 cm³/mol. The lowest BCUT2D eigenvalue weighted by molar-refractivity contribution is -0.154. The van der Waals surface area contributed by atoms with Gasteiger partial charge in [-0.1, -0.05) is 38.1 Å². The van der Waals surface area contributed by atoms with Crippen LogP contribution in [0.15, 0.2) is 47.5 Å². The second-order valence-corrected chi connectivity index (χ2v) is 7.85. The molecule has 3 rings (SSSR count). The summed E-state index contributed by atoms with van der Waals surface area (Å²) in [7, 11) is 0. The molecule has 174 valence electrons. The molecular formula is C23H27N5O5. The van der Waals surface area contributed by atoms with E-state index in [1.165, 1.54) is 6.07 Å². The molecule has 1 unspecified atom stereocenters. The zero-order valence-corrected chi connectivity index (χ0v) is 18.8. The summed E-state index contributed by atoms with van der Waals surface area (Å²) in [6, 6.07) is 8.07. The van der Waals surface area contributed by atoms with Crippen LogP contribution in [0.25, 0.3) is 10.8 Å². The number of benzene rings is 1. The van der Waals surface area contributed by atoms with E-state index in [-0.39, 0.29) is 23.8 Å². The van der Waals surface area contributed by atoms with Gasteiger partial charge in [-0.2, -0.15) is 5.10 Å². The van der Waals surface area contributed by atoms with E-state index in [0.717, 1.165) is 15.5 Å². The van der Waals surface area contributed by atoms with Crippen LogP contribution in [0, 0.1) is 5.92 Å². The van der Waals surface area contributed by atoms with Gasteiger partial charge in [0.1, 0.15) is 11.7 Å². The van der Waals surface area contributed by atoms with E-state index in [2.05, 4.69) is 15.4 Å². The van der Waals surface area contributed by atoms with Crippen LogP contribution >= 0.6 is 0 Å². The topological polar surface area (TPSA) is 138 Å². The number of hydrogen-bond acceptors (Lipinski definition) is 9. The highest BCUT2D eigenvalue weighted by Crippen LogP contribution is 2.24. The summed E-state index contributed by atoms with van der Waals surface area (Å²) in [6.45, 7) is 5.22. The van der Waals surface area contributed by atoms with Crippen molar-refractivity contribution in [2.24, 2.45) is 11.7 Å². The Balaban J connectivity index is 1.77. The molecule has 1 aromatic carbocycles. The Kier molecular flexibility index (Phi) is 7.73. The summed E-state index contributed by atoms with van der Waals surface area (Å²) in [5.74, 6) is -1.28. The van der Waals surface area contributed by atoms with Crippen LogP contribution in [-0.2, 0) is 20.8 Å². The zero-order valence-electron chi connectivity index (χ0n) is 18.8. The number of nitrogens with two attached hydrogens (primary N) is 1. The van der Waals surface area contributed by atoms with Crippen molar-refractivity contribution in [3.8, 4) is 0 Å². The lowest BCUT2D eigenvalue weighted by Gasteiger charge is -2.14. The van der Waals surface area contributed by atoms with Gasteiger partial charge in [0.25, 0.3) is 5.56 Å². The number of fused-ring (bicyclic) bond motifs is 1. The molecule has 1 atom stereocenters. The number of hydrogen-bond donors (Lipinski definition) is 2. The molecule has 0 saturated heterocycles. The molecule has 2 aromatic heterocycles. The van der Waals surface area contributed by atoms with Gasteiger partial charge in [-0.15, -0.1) is 0 Å². The van der Waals surface area contributed by atoms with Gasteiger partial charge < -0.3 is 20.5 Å². The summed E-state index contributed by atoms with van der Waals surface area (Å²) in [5, 5.41) is 8.84. The first kappa shape index (κ1) is 23.9. The van der Waals surface area contributed by atoms with Crippen LogP contribution in [-0.4, -0.2) is 39.5 Å². The molecule has 0 fully saturated rings. The summed E-state index contributed by atoms with van der Waals surface area (Å²) < 4.78 is 11.1. The van der Waals surface area contributed by atoms with E-state index in [1.807, 2.05) is 38.1 Å². The summed E-state index contributed by atoms with van der Waals surface area (Å²) >= 11 is 0. The Morgan fingerprint density at radius 3 is 2.64 bits per heavy atom. The second-order valence-electron chi connectivity index (χ2n) is 7.85. The first-order valence-electron chi connectivity index (χ1n) is 10.6. The Bertz CT molecular complexity index is 1200. The molecular weight excluding hydrogens is 426 g/mol. The third-order valence-corrected chi connectivity index (χ3v) is 4.84. The molecule has 10 nitrogen and oxygen atoms in total. The van der Waals surface area contributed by atoms with Gasteiger partial charge in [0, 0.05) is 29.6 Å². The predicted octanol–water partition coefficient (Wildman–Crippen LogP) is 2.59. The molecule has 0 aliphatic heterocycles. The van der Waals surface area contributed by atoms with Gasteiger partial charge >= 0.3 is 11.9 Å². The smallest absolute Gasteiger partial charge is 0.361 e. The number of esters is 2. The van der Waals surface area contributed by atoms with E-state index in [4.69, 9.17) is 15.2 Å². The number of pyridine rings is 1. The third kappa shape index (κ3) is 5.92. The Hall–Kier alpha value is -3.79. The van der Waals surface area contributed by atoms with Crippen molar-refractivity contribution in [1.29, 1.82) is 0 Å². The van der Waals surface area contributed by atoms with Crippen LogP contribution in [0.5, 0.6) is 0 Å². The monoisotopic (exact) mass is 453 g/mol. The van der Waals surface area contributed by atoms with Gasteiger partial charge in [-0.3, -0.25) is 14.6 Å². The van der Waals surface area contributed by atoms with Crippen molar-refractivity contribution in [3.63, 3.8) is 0 Å². The Morgan fingerprint density at radius 2 is 1.91 bits per heavy atom. The molecule has 0 amide bonds. The van der Waals surface area contributed by atoms with E-state index < -0.39 is 30.3 Å². The van der Waals surface area contributed by atoms with Gasteiger partial charge in [0.05, 0.1) is 11.9 Å². The maximum atomic E-state index is 12.8. The fourth-order valence-electron chi connectivity index (χ4n) is 3.23. The number of carbonyl (C=O) groups excluding carboxylic acids is 2. The van der Waals surface area contributed by atoms with Gasteiger partial charge in [0.15, 0.2) is 5.69 Å². The molecule has 2 heterocycles. The zero-order chi connectivity index (χ0) is 24.0. The second kappa shape index (κ2) is 10.7. The number of aryl methyl sites for hydroxylation is 1. The fraction of sp³-hybridized carbons (Fsp3) is 0.348. The molecule has 0 radical (unpaired) electrons. The van der Waals surface area contributed by atoms with Crippen molar-refractivity contribution in [2.75, 3.05) is 12.1 Å². The van der Waals surface area contributed by atoms with Crippen molar-refractivity contribution in [2.45, 2.75) is 39.8 Å². The molecule has 0 spiro atoms. The number of nitrogens with zero attached hydrogens (tertiary/aromatic N) is 3. The summed E-state index contributed by atoms with van der Waals surface area (Å²) in [4.78, 5) is 41.4. The van der Waals surface area contributed by atoms with Crippen LogP contribution < -0.4 is 16.6 Å². The Morgan fingerprint density at radius 1 is 1.15 bits per heavy atom. The SMILES string of the molecule is CCn1nc(C(=O)OCOC(=O)C(N)CC(C)C)cc(Nc2cncc3ccccc23)c1=O. The average Bonchev–Trinajstić information content (AvgIpc) is 2.79. The molecule has 0 bridgehead atoms. The molecule has 10 heteroatoms. The summed E-state index contributed by atoms with van der Waals surface area (Å²) in [5.41, 5.74) is 5.96.